The van der Waals surface area contributed by atoms with Gasteiger partial charge in [-0.15, -0.1) is 0 Å². The lowest BCUT2D eigenvalue weighted by Crippen LogP contribution is -2.31. The molecule has 1 fully saturated rings. The third-order valence-corrected chi connectivity index (χ3v) is 8.94. The van der Waals surface area contributed by atoms with Gasteiger partial charge in [0.15, 0.2) is 5.17 Å². The minimum Gasteiger partial charge on any atom is -0.337 e. The molecular formula is C29H22ClN3OS2. The summed E-state index contributed by atoms with van der Waals surface area (Å²) in [5, 5.41) is 4.59. The van der Waals surface area contributed by atoms with Crippen molar-refractivity contribution in [3.8, 4) is 0 Å². The topological polar surface area (TPSA) is 35.9 Å². The van der Waals surface area contributed by atoms with Crippen LogP contribution in [0.4, 0.5) is 11.4 Å². The van der Waals surface area contributed by atoms with Crippen LogP contribution in [0, 0.1) is 0 Å². The van der Waals surface area contributed by atoms with E-state index in [9.17, 15) is 4.79 Å². The number of hydrogen-bond acceptors (Lipinski definition) is 5. The summed E-state index contributed by atoms with van der Waals surface area (Å²) in [5.41, 5.74) is 3.04. The van der Waals surface area contributed by atoms with Crippen LogP contribution >= 0.6 is 35.1 Å². The van der Waals surface area contributed by atoms with E-state index in [0.717, 1.165) is 33.1 Å². The molecule has 6 rings (SSSR count). The Morgan fingerprint density at radius 1 is 0.861 bits per heavy atom. The number of halogens is 1. The third-order valence-electron chi connectivity index (χ3n) is 6.28. The standard InChI is InChI=1S/C29H22ClN3OS2/c1-32-24-18-22(30)12-14-25(24)35-28(32)26-27(34)33(16-15-19-7-3-2-4-8-19)29(36-26)31-23-13-11-20-9-5-6-10-21(20)17-23/h2-14,17-18H,15-16H2,1H3/b28-26-,31-29?. The van der Waals surface area contributed by atoms with E-state index in [1.807, 2.05) is 66.5 Å². The molecule has 0 aromatic heterocycles. The molecule has 0 bridgehead atoms. The quantitative estimate of drug-likeness (QED) is 0.255. The molecule has 2 heterocycles. The molecule has 0 spiro atoms. The molecule has 4 aromatic carbocycles. The summed E-state index contributed by atoms with van der Waals surface area (Å²) >= 11 is 9.30. The number of nitrogens with zero attached hydrogens (tertiary/aromatic N) is 3. The molecule has 178 valence electrons. The summed E-state index contributed by atoms with van der Waals surface area (Å²) in [5.74, 6) is -0.0104. The molecule has 4 aromatic rings. The van der Waals surface area contributed by atoms with Crippen LogP contribution in [0.25, 0.3) is 10.8 Å². The molecule has 0 atom stereocenters. The molecule has 0 radical (unpaired) electrons. The largest absolute Gasteiger partial charge is 0.337 e. The summed E-state index contributed by atoms with van der Waals surface area (Å²) in [6.07, 6.45) is 0.755. The maximum Gasteiger partial charge on any atom is 0.269 e. The molecule has 4 nitrogen and oxygen atoms in total. The Labute approximate surface area is 223 Å². The summed E-state index contributed by atoms with van der Waals surface area (Å²) in [6.45, 7) is 0.562. The van der Waals surface area contributed by atoms with Gasteiger partial charge in [0.1, 0.15) is 4.91 Å². The van der Waals surface area contributed by atoms with Crippen LogP contribution in [0.2, 0.25) is 5.02 Å². The Kier molecular flexibility index (Phi) is 6.25. The number of benzene rings is 4. The van der Waals surface area contributed by atoms with Crippen molar-refractivity contribution in [2.75, 3.05) is 18.5 Å². The van der Waals surface area contributed by atoms with Gasteiger partial charge in [-0.1, -0.05) is 84.0 Å². The molecule has 0 aliphatic carbocycles. The van der Waals surface area contributed by atoms with Crippen LogP contribution in [0.3, 0.4) is 0 Å². The highest BCUT2D eigenvalue weighted by atomic mass is 35.5. The molecule has 1 saturated heterocycles. The highest BCUT2D eigenvalue weighted by Crippen LogP contribution is 2.50. The van der Waals surface area contributed by atoms with Crippen LogP contribution in [-0.4, -0.2) is 29.6 Å². The highest BCUT2D eigenvalue weighted by Gasteiger charge is 2.39. The van der Waals surface area contributed by atoms with Gasteiger partial charge in [-0.05, 0) is 64.9 Å². The van der Waals surface area contributed by atoms with Gasteiger partial charge < -0.3 is 4.90 Å². The number of amidine groups is 1. The number of anilines is 1. The Bertz CT molecular complexity index is 1550. The van der Waals surface area contributed by atoms with Crippen molar-refractivity contribution >= 4 is 68.3 Å². The minimum atomic E-state index is -0.0104. The van der Waals surface area contributed by atoms with Crippen LogP contribution < -0.4 is 4.90 Å². The molecule has 0 saturated carbocycles. The normalized spacial score (nSPS) is 18.5. The zero-order valence-corrected chi connectivity index (χ0v) is 21.9. The summed E-state index contributed by atoms with van der Waals surface area (Å²) in [4.78, 5) is 24.4. The molecule has 0 N–H and O–H groups in total. The van der Waals surface area contributed by atoms with E-state index in [-0.39, 0.29) is 5.91 Å². The van der Waals surface area contributed by atoms with E-state index in [4.69, 9.17) is 16.6 Å². The van der Waals surface area contributed by atoms with E-state index in [1.54, 1.807) is 11.8 Å². The number of carbonyl (C=O) groups is 1. The molecule has 2 aliphatic heterocycles. The van der Waals surface area contributed by atoms with Crippen LogP contribution in [0.5, 0.6) is 0 Å². The molecule has 36 heavy (non-hydrogen) atoms. The SMILES string of the molecule is CN1/C(=C2/SC(=Nc3ccc4ccccc4c3)N(CCc3ccccc3)C2=O)Sc2ccc(Cl)cc21. The van der Waals surface area contributed by atoms with E-state index >= 15 is 0 Å². The number of thioether (sulfide) groups is 2. The van der Waals surface area contributed by atoms with Crippen LogP contribution in [0.1, 0.15) is 5.56 Å². The van der Waals surface area contributed by atoms with Gasteiger partial charge in [0.2, 0.25) is 0 Å². The third kappa shape index (κ3) is 4.41. The first-order chi connectivity index (χ1) is 17.6. The first-order valence-electron chi connectivity index (χ1n) is 11.6. The number of fused-ring (bicyclic) bond motifs is 2. The lowest BCUT2D eigenvalue weighted by molar-refractivity contribution is -0.122. The maximum absolute atomic E-state index is 13.8. The Morgan fingerprint density at radius 3 is 2.47 bits per heavy atom. The number of rotatable bonds is 4. The lowest BCUT2D eigenvalue weighted by atomic mass is 10.1. The highest BCUT2D eigenvalue weighted by molar-refractivity contribution is 8.19. The number of carbonyl (C=O) groups excluding carboxylic acids is 1. The fourth-order valence-corrected chi connectivity index (χ4v) is 6.89. The fourth-order valence-electron chi connectivity index (χ4n) is 4.38. The van der Waals surface area contributed by atoms with Crippen molar-refractivity contribution in [2.24, 2.45) is 4.99 Å². The van der Waals surface area contributed by atoms with E-state index < -0.39 is 0 Å². The van der Waals surface area contributed by atoms with Crippen molar-refractivity contribution in [2.45, 2.75) is 11.3 Å². The van der Waals surface area contributed by atoms with Crippen molar-refractivity contribution in [3.63, 3.8) is 0 Å². The Balaban J connectivity index is 1.38. The van der Waals surface area contributed by atoms with E-state index in [0.29, 0.717) is 21.6 Å². The number of aliphatic imine (C=N–C) groups is 1. The first-order valence-corrected chi connectivity index (χ1v) is 13.6. The Morgan fingerprint density at radius 2 is 1.64 bits per heavy atom. The average molecular weight is 528 g/mol. The minimum absolute atomic E-state index is 0.0104. The fraction of sp³-hybridized carbons (Fsp3) is 0.103. The monoisotopic (exact) mass is 527 g/mol. The van der Waals surface area contributed by atoms with Gasteiger partial charge in [-0.2, -0.15) is 0 Å². The number of hydrogen-bond donors (Lipinski definition) is 0. The van der Waals surface area contributed by atoms with Crippen molar-refractivity contribution in [1.29, 1.82) is 0 Å². The predicted octanol–water partition coefficient (Wildman–Crippen LogP) is 7.71. The van der Waals surface area contributed by atoms with E-state index in [2.05, 4.69) is 41.3 Å². The van der Waals surface area contributed by atoms with Crippen LogP contribution in [-0.2, 0) is 11.2 Å². The summed E-state index contributed by atoms with van der Waals surface area (Å²) in [7, 11) is 1.98. The van der Waals surface area contributed by atoms with Gasteiger partial charge in [0.25, 0.3) is 5.91 Å². The lowest BCUT2D eigenvalue weighted by Gasteiger charge is -2.17. The Hall–Kier alpha value is -3.19. The molecule has 7 heteroatoms. The average Bonchev–Trinajstić information content (AvgIpc) is 3.38. The number of amides is 1. The summed E-state index contributed by atoms with van der Waals surface area (Å²) in [6, 6.07) is 30.5. The molecular weight excluding hydrogens is 506 g/mol. The smallest absolute Gasteiger partial charge is 0.269 e. The first kappa shape index (κ1) is 23.2. The molecule has 0 unspecified atom stereocenters. The second-order valence-corrected chi connectivity index (χ2v) is 11.1. The molecule has 2 aliphatic rings. The maximum atomic E-state index is 13.8. The van der Waals surface area contributed by atoms with Crippen molar-refractivity contribution in [1.82, 2.24) is 4.90 Å². The zero-order chi connectivity index (χ0) is 24.6. The van der Waals surface area contributed by atoms with Crippen molar-refractivity contribution < 1.29 is 4.79 Å². The van der Waals surface area contributed by atoms with Crippen LogP contribution in [0.15, 0.2) is 111 Å². The van der Waals surface area contributed by atoms with Gasteiger partial charge >= 0.3 is 0 Å². The van der Waals surface area contributed by atoms with Gasteiger partial charge in [-0.3, -0.25) is 9.69 Å². The second kappa shape index (κ2) is 9.69. The second-order valence-electron chi connectivity index (χ2n) is 8.63. The van der Waals surface area contributed by atoms with Gasteiger partial charge in [0.05, 0.1) is 16.4 Å². The van der Waals surface area contributed by atoms with Crippen molar-refractivity contribution in [3.05, 3.63) is 112 Å². The van der Waals surface area contributed by atoms with E-state index in [1.165, 1.54) is 22.7 Å². The zero-order valence-electron chi connectivity index (χ0n) is 19.5. The van der Waals surface area contributed by atoms with Gasteiger partial charge in [-0.25, -0.2) is 4.99 Å². The molecule has 1 amide bonds. The predicted molar refractivity (Wildman–Crippen MR) is 153 cm³/mol. The summed E-state index contributed by atoms with van der Waals surface area (Å²) < 4.78 is 0. The van der Waals surface area contributed by atoms with Gasteiger partial charge in [0, 0.05) is 23.5 Å².